The molecular weight excluding hydrogens is 526 g/mol. The first-order valence-electron chi connectivity index (χ1n) is 13.1. The Morgan fingerprint density at radius 2 is 1.44 bits per heavy atom. The van der Waals surface area contributed by atoms with E-state index in [2.05, 4.69) is 15.0 Å². The average molecular weight is 556 g/mol. The third-order valence-corrected chi connectivity index (χ3v) is 7.63. The molecule has 2 aliphatic heterocycles. The van der Waals surface area contributed by atoms with Gasteiger partial charge in [0, 0.05) is 34.9 Å². The van der Waals surface area contributed by atoms with Gasteiger partial charge < -0.3 is 20.2 Å². The molecular formula is C30H29N5O6. The number of fused-ring (bicyclic) bond motifs is 8. The van der Waals surface area contributed by atoms with E-state index in [9.17, 15) is 29.9 Å². The maximum atomic E-state index is 12.1. The number of carboxylic acid groups (broad SMARTS) is 2. The number of carbonyl (C=O) groups is 2. The maximum absolute atomic E-state index is 12.1. The van der Waals surface area contributed by atoms with Crippen LogP contribution in [0.3, 0.4) is 0 Å². The van der Waals surface area contributed by atoms with Gasteiger partial charge in [0.25, 0.3) is 5.70 Å². The lowest BCUT2D eigenvalue weighted by molar-refractivity contribution is -0.374. The molecule has 0 saturated carbocycles. The molecule has 0 spiro atoms. The van der Waals surface area contributed by atoms with Crippen molar-refractivity contribution in [1.82, 2.24) is 19.9 Å². The summed E-state index contributed by atoms with van der Waals surface area (Å²) in [4.78, 5) is 50.7. The number of carboxylic acids is 2. The number of aromatic amines is 2. The van der Waals surface area contributed by atoms with E-state index >= 15 is 0 Å². The second-order valence-electron chi connectivity index (χ2n) is 10.3. The van der Waals surface area contributed by atoms with Crippen LogP contribution >= 0.6 is 0 Å². The van der Waals surface area contributed by atoms with Crippen molar-refractivity contribution >= 4 is 56.4 Å². The summed E-state index contributed by atoms with van der Waals surface area (Å²) in [5.41, 5.74) is 9.00. The molecule has 11 nitrogen and oxygen atoms in total. The molecule has 0 aromatic carbocycles. The van der Waals surface area contributed by atoms with Crippen LogP contribution in [0.25, 0.3) is 44.5 Å². The van der Waals surface area contributed by atoms with Crippen LogP contribution in [0.2, 0.25) is 0 Å². The Morgan fingerprint density at radius 3 is 2.12 bits per heavy atom. The zero-order chi connectivity index (χ0) is 29.6. The number of rotatable bonds is 7. The molecule has 0 radical (unpaired) electrons. The van der Waals surface area contributed by atoms with Crippen LogP contribution in [0.15, 0.2) is 30.3 Å². The molecule has 0 unspecified atom stereocenters. The topological polar surface area (TPSA) is 175 Å². The van der Waals surface area contributed by atoms with E-state index in [1.165, 1.54) is 0 Å². The standard InChI is InChI=1S/C30H29N5O6/c1-14-9-18-10-22-17(4)30(35(40)41)27(34-22)12-24-16(3)20(6-8-29(38)39)26(33-24)13-25-19(5-7-28(36)37)15(2)23(32-25)11-21(14)31-18/h9-13,31-32H,5-8H2,1-4H3,(H,36,37)(H,38,39). The molecule has 4 N–H and O–H groups in total. The lowest BCUT2D eigenvalue weighted by atomic mass is 10.0. The first-order valence-corrected chi connectivity index (χ1v) is 13.1. The third-order valence-electron chi connectivity index (χ3n) is 7.63. The monoisotopic (exact) mass is 555 g/mol. The molecule has 0 amide bonds. The van der Waals surface area contributed by atoms with E-state index in [0.717, 1.165) is 33.2 Å². The molecule has 0 aliphatic carbocycles. The number of H-pyrrole nitrogens is 2. The maximum Gasteiger partial charge on any atom is 0.303 e. The Hall–Kier alpha value is -5.06. The van der Waals surface area contributed by atoms with Crippen molar-refractivity contribution in [3.05, 3.63) is 79.9 Å². The molecule has 5 rings (SSSR count). The van der Waals surface area contributed by atoms with Crippen molar-refractivity contribution in [2.24, 2.45) is 0 Å². The summed E-state index contributed by atoms with van der Waals surface area (Å²) in [6.07, 6.45) is 0.304. The van der Waals surface area contributed by atoms with Gasteiger partial charge in [0.1, 0.15) is 5.69 Å². The number of nitrogens with one attached hydrogen (secondary N) is 2. The molecule has 0 saturated heterocycles. The molecule has 2 aliphatic rings. The number of aryl methyl sites for hydroxylation is 3. The van der Waals surface area contributed by atoms with Crippen LogP contribution in [-0.2, 0) is 16.0 Å². The molecule has 5 heterocycles. The second-order valence-corrected chi connectivity index (χ2v) is 10.3. The van der Waals surface area contributed by atoms with Gasteiger partial charge in [-0.15, -0.1) is 0 Å². The number of aromatic nitrogens is 4. The van der Waals surface area contributed by atoms with Gasteiger partial charge >= 0.3 is 11.9 Å². The van der Waals surface area contributed by atoms with Crippen molar-refractivity contribution in [2.45, 2.75) is 53.4 Å². The molecule has 8 bridgehead atoms. The summed E-state index contributed by atoms with van der Waals surface area (Å²) in [7, 11) is 0. The summed E-state index contributed by atoms with van der Waals surface area (Å²) in [5, 5.41) is 30.8. The van der Waals surface area contributed by atoms with Crippen molar-refractivity contribution < 1.29 is 24.7 Å². The van der Waals surface area contributed by atoms with Crippen molar-refractivity contribution in [1.29, 1.82) is 0 Å². The highest BCUT2D eigenvalue weighted by Crippen LogP contribution is 2.36. The lowest BCUT2D eigenvalue weighted by Crippen LogP contribution is -1.98. The fraction of sp³-hybridized carbons (Fsp3) is 0.267. The van der Waals surface area contributed by atoms with E-state index in [1.807, 2.05) is 32.9 Å². The molecule has 0 atom stereocenters. The quantitative estimate of drug-likeness (QED) is 0.205. The van der Waals surface area contributed by atoms with Crippen LogP contribution in [0.1, 0.15) is 72.6 Å². The third kappa shape index (κ3) is 5.25. The normalized spacial score (nSPS) is 13.2. The number of nitro groups is 1. The van der Waals surface area contributed by atoms with Gasteiger partial charge in [0.05, 0.1) is 27.6 Å². The van der Waals surface area contributed by atoms with Crippen molar-refractivity contribution in [3.63, 3.8) is 0 Å². The van der Waals surface area contributed by atoms with E-state index in [1.54, 1.807) is 25.1 Å². The minimum atomic E-state index is -0.958. The molecule has 0 fully saturated rings. The highest BCUT2D eigenvalue weighted by molar-refractivity contribution is 5.94. The van der Waals surface area contributed by atoms with E-state index in [0.29, 0.717) is 39.3 Å². The Kier molecular flexibility index (Phi) is 7.04. The van der Waals surface area contributed by atoms with Crippen LogP contribution in [-0.4, -0.2) is 47.0 Å². The summed E-state index contributed by atoms with van der Waals surface area (Å²) in [5.74, 6) is -1.87. The minimum Gasteiger partial charge on any atom is -0.481 e. The number of nitrogens with zero attached hydrogens (tertiary/aromatic N) is 3. The summed E-state index contributed by atoms with van der Waals surface area (Å²) in [6, 6.07) is 9.03. The number of allylic oxidation sites excluding steroid dienone is 3. The first-order chi connectivity index (χ1) is 19.4. The van der Waals surface area contributed by atoms with Gasteiger partial charge in [0.15, 0.2) is 0 Å². The van der Waals surface area contributed by atoms with Crippen LogP contribution in [0.5, 0.6) is 0 Å². The van der Waals surface area contributed by atoms with Gasteiger partial charge in [-0.25, -0.2) is 9.97 Å². The SMILES string of the molecule is CC1=C(CCC(=O)O)c2cc3[nH]c(cc4[nH]c(cc5nc(cc1n2)C([N+](=O)[O-])=C5C)cc4C)c(C)c3CCC(=O)O. The first kappa shape index (κ1) is 27.5. The van der Waals surface area contributed by atoms with E-state index in [4.69, 9.17) is 4.98 Å². The highest BCUT2D eigenvalue weighted by Gasteiger charge is 2.28. The van der Waals surface area contributed by atoms with E-state index < -0.39 is 16.9 Å². The zero-order valence-corrected chi connectivity index (χ0v) is 23.1. The fourth-order valence-corrected chi connectivity index (χ4v) is 5.37. The highest BCUT2D eigenvalue weighted by atomic mass is 16.6. The second kappa shape index (κ2) is 10.5. The van der Waals surface area contributed by atoms with Crippen LogP contribution in [0.4, 0.5) is 0 Å². The van der Waals surface area contributed by atoms with Crippen LogP contribution in [0, 0.1) is 24.0 Å². The van der Waals surface area contributed by atoms with E-state index in [-0.39, 0.29) is 37.1 Å². The molecule has 210 valence electrons. The predicted molar refractivity (Wildman–Crippen MR) is 155 cm³/mol. The largest absolute Gasteiger partial charge is 0.481 e. The number of hydrogen-bond donors (Lipinski definition) is 4. The Labute approximate surface area is 234 Å². The Morgan fingerprint density at radius 1 is 0.780 bits per heavy atom. The van der Waals surface area contributed by atoms with Gasteiger partial charge in [-0.2, -0.15) is 0 Å². The smallest absolute Gasteiger partial charge is 0.303 e. The van der Waals surface area contributed by atoms with Gasteiger partial charge in [-0.1, -0.05) is 0 Å². The van der Waals surface area contributed by atoms with Crippen molar-refractivity contribution in [2.75, 3.05) is 0 Å². The van der Waals surface area contributed by atoms with Gasteiger partial charge in [0.2, 0.25) is 0 Å². The molecule has 3 aromatic heterocycles. The van der Waals surface area contributed by atoms with Crippen LogP contribution < -0.4 is 0 Å². The summed E-state index contributed by atoms with van der Waals surface area (Å²) < 4.78 is 0. The van der Waals surface area contributed by atoms with Gasteiger partial charge in [-0.05, 0) is 98.7 Å². The van der Waals surface area contributed by atoms with Gasteiger partial charge in [-0.3, -0.25) is 19.7 Å². The minimum absolute atomic E-state index is 0.0637. The lowest BCUT2D eigenvalue weighted by Gasteiger charge is -2.03. The number of aliphatic carboxylic acids is 2. The summed E-state index contributed by atoms with van der Waals surface area (Å²) >= 11 is 0. The average Bonchev–Trinajstić information content (AvgIpc) is 3.56. The fourth-order valence-electron chi connectivity index (χ4n) is 5.37. The molecule has 3 aromatic rings. The summed E-state index contributed by atoms with van der Waals surface area (Å²) in [6.45, 7) is 7.35. The predicted octanol–water partition coefficient (Wildman–Crippen LogP) is 5.91. The molecule has 11 heteroatoms. The Balaban J connectivity index is 1.91. The Bertz CT molecular complexity index is 1880. The number of hydrogen-bond acceptors (Lipinski definition) is 6. The zero-order valence-electron chi connectivity index (χ0n) is 23.1. The molecule has 41 heavy (non-hydrogen) atoms. The van der Waals surface area contributed by atoms with Crippen molar-refractivity contribution in [3.8, 4) is 0 Å².